The molecule has 0 aliphatic carbocycles. The van der Waals surface area contributed by atoms with Crippen LogP contribution in [-0.2, 0) is 20.1 Å². The van der Waals surface area contributed by atoms with Gasteiger partial charge < -0.3 is 5.32 Å². The van der Waals surface area contributed by atoms with Crippen LogP contribution in [0.15, 0.2) is 6.07 Å². The number of aryl methyl sites for hydroxylation is 4. The number of hydrogen-bond acceptors (Lipinski definition) is 3. The van der Waals surface area contributed by atoms with Crippen molar-refractivity contribution < 1.29 is 4.39 Å². The molecule has 5 nitrogen and oxygen atoms in total. The van der Waals surface area contributed by atoms with Gasteiger partial charge in [0.05, 0.1) is 5.69 Å². The van der Waals surface area contributed by atoms with Gasteiger partial charge in [0.15, 0.2) is 0 Å². The molecule has 0 saturated carbocycles. The van der Waals surface area contributed by atoms with Gasteiger partial charge in [-0.05, 0) is 20.8 Å². The molecule has 0 aromatic carbocycles. The van der Waals surface area contributed by atoms with Crippen molar-refractivity contribution in [2.45, 2.75) is 33.9 Å². The molecule has 0 unspecified atom stereocenters. The van der Waals surface area contributed by atoms with Crippen LogP contribution in [0.25, 0.3) is 0 Å². The van der Waals surface area contributed by atoms with Gasteiger partial charge in [0.25, 0.3) is 0 Å². The number of halogens is 1. The minimum atomic E-state index is -0.268. The van der Waals surface area contributed by atoms with Gasteiger partial charge >= 0.3 is 0 Å². The topological polar surface area (TPSA) is 47.7 Å². The molecule has 2 aromatic heterocycles. The lowest BCUT2D eigenvalue weighted by Gasteiger charge is -2.02. The van der Waals surface area contributed by atoms with Crippen molar-refractivity contribution in [3.8, 4) is 0 Å². The van der Waals surface area contributed by atoms with Crippen molar-refractivity contribution in [2.75, 3.05) is 5.32 Å². The molecular weight excluding hydrogens is 233 g/mol. The Morgan fingerprint density at radius 1 is 1.33 bits per heavy atom. The molecule has 0 bridgehead atoms. The van der Waals surface area contributed by atoms with Gasteiger partial charge in [-0.1, -0.05) is 0 Å². The van der Waals surface area contributed by atoms with E-state index < -0.39 is 0 Å². The molecule has 18 heavy (non-hydrogen) atoms. The second-order valence-electron chi connectivity index (χ2n) is 4.32. The molecule has 6 heteroatoms. The number of rotatable bonds is 4. The molecule has 98 valence electrons. The highest BCUT2D eigenvalue weighted by atomic mass is 19.1. The van der Waals surface area contributed by atoms with E-state index in [9.17, 15) is 4.39 Å². The Balaban J connectivity index is 2.13. The normalized spacial score (nSPS) is 10.9. The molecule has 1 N–H and O–H groups in total. The fourth-order valence-corrected chi connectivity index (χ4v) is 1.83. The van der Waals surface area contributed by atoms with E-state index in [1.807, 2.05) is 33.9 Å². The first-order chi connectivity index (χ1) is 8.52. The van der Waals surface area contributed by atoms with E-state index in [2.05, 4.69) is 15.5 Å². The predicted octanol–water partition coefficient (Wildman–Crippen LogP) is 2.00. The lowest BCUT2D eigenvalue weighted by molar-refractivity contribution is 0.464. The summed E-state index contributed by atoms with van der Waals surface area (Å²) < 4.78 is 17.1. The van der Waals surface area contributed by atoms with E-state index >= 15 is 0 Å². The van der Waals surface area contributed by atoms with Crippen LogP contribution in [0.5, 0.6) is 0 Å². The molecule has 0 saturated heterocycles. The lowest BCUT2D eigenvalue weighted by atomic mass is 10.2. The van der Waals surface area contributed by atoms with Crippen molar-refractivity contribution in [1.29, 1.82) is 0 Å². The summed E-state index contributed by atoms with van der Waals surface area (Å²) >= 11 is 0. The SMILES string of the molecule is CCn1nc(C)c(CNc2cc(C)n(C)n2)c1F. The zero-order valence-electron chi connectivity index (χ0n) is 11.2. The van der Waals surface area contributed by atoms with Crippen molar-refractivity contribution >= 4 is 5.82 Å². The summed E-state index contributed by atoms with van der Waals surface area (Å²) in [5, 5.41) is 11.5. The Labute approximate surface area is 106 Å². The highest BCUT2D eigenvalue weighted by Crippen LogP contribution is 2.15. The quantitative estimate of drug-likeness (QED) is 0.904. The van der Waals surface area contributed by atoms with Crippen LogP contribution in [-0.4, -0.2) is 19.6 Å². The van der Waals surface area contributed by atoms with Crippen LogP contribution in [0.2, 0.25) is 0 Å². The van der Waals surface area contributed by atoms with E-state index in [-0.39, 0.29) is 5.95 Å². The molecule has 2 aromatic rings. The first-order valence-corrected chi connectivity index (χ1v) is 5.99. The van der Waals surface area contributed by atoms with Gasteiger partial charge in [-0.25, -0.2) is 4.68 Å². The minimum absolute atomic E-state index is 0.268. The maximum atomic E-state index is 13.9. The molecule has 2 rings (SSSR count). The predicted molar refractivity (Wildman–Crippen MR) is 67.9 cm³/mol. The monoisotopic (exact) mass is 251 g/mol. The molecule has 0 aliphatic heterocycles. The second-order valence-corrected chi connectivity index (χ2v) is 4.32. The average Bonchev–Trinajstić information content (AvgIpc) is 2.78. The molecule has 0 spiro atoms. The summed E-state index contributed by atoms with van der Waals surface area (Å²) in [4.78, 5) is 0. The molecular formula is C12H18FN5. The average molecular weight is 251 g/mol. The molecule has 2 heterocycles. The molecule has 0 atom stereocenters. The maximum Gasteiger partial charge on any atom is 0.216 e. The third-order valence-corrected chi connectivity index (χ3v) is 3.04. The number of hydrogen-bond donors (Lipinski definition) is 1. The van der Waals surface area contributed by atoms with Crippen LogP contribution in [0.3, 0.4) is 0 Å². The number of aromatic nitrogens is 4. The van der Waals surface area contributed by atoms with Gasteiger partial charge in [-0.2, -0.15) is 14.6 Å². The Morgan fingerprint density at radius 3 is 2.56 bits per heavy atom. The van der Waals surface area contributed by atoms with Crippen molar-refractivity contribution in [2.24, 2.45) is 7.05 Å². The summed E-state index contributed by atoms with van der Waals surface area (Å²) in [5.74, 6) is 0.480. The van der Waals surface area contributed by atoms with Gasteiger partial charge in [0, 0.05) is 37.5 Å². The van der Waals surface area contributed by atoms with Crippen LogP contribution in [0.1, 0.15) is 23.9 Å². The van der Waals surface area contributed by atoms with Gasteiger partial charge in [-0.3, -0.25) is 4.68 Å². The van der Waals surface area contributed by atoms with Gasteiger partial charge in [0.1, 0.15) is 5.82 Å². The highest BCUT2D eigenvalue weighted by molar-refractivity contribution is 5.37. The summed E-state index contributed by atoms with van der Waals surface area (Å²) in [6.07, 6.45) is 0. The number of anilines is 1. The van der Waals surface area contributed by atoms with Crippen molar-refractivity contribution in [3.63, 3.8) is 0 Å². The number of nitrogens with one attached hydrogen (secondary N) is 1. The highest BCUT2D eigenvalue weighted by Gasteiger charge is 2.14. The lowest BCUT2D eigenvalue weighted by Crippen LogP contribution is -2.05. The van der Waals surface area contributed by atoms with E-state index in [0.29, 0.717) is 18.7 Å². The minimum Gasteiger partial charge on any atom is -0.364 e. The van der Waals surface area contributed by atoms with Crippen LogP contribution < -0.4 is 5.32 Å². The Bertz CT molecular complexity index is 536. The smallest absolute Gasteiger partial charge is 0.216 e. The Kier molecular flexibility index (Phi) is 3.36. The van der Waals surface area contributed by atoms with Crippen LogP contribution in [0, 0.1) is 19.8 Å². The van der Waals surface area contributed by atoms with Crippen LogP contribution in [0.4, 0.5) is 10.2 Å². The standard InChI is InChI=1S/C12H18FN5/c1-5-18-12(13)10(9(3)15-18)7-14-11-6-8(2)17(4)16-11/h6H,5,7H2,1-4H3,(H,14,16). The third kappa shape index (κ3) is 2.23. The van der Waals surface area contributed by atoms with Gasteiger partial charge in [0.2, 0.25) is 5.95 Å². The molecule has 0 amide bonds. The third-order valence-electron chi connectivity index (χ3n) is 3.04. The summed E-state index contributed by atoms with van der Waals surface area (Å²) in [5.41, 5.74) is 2.37. The zero-order valence-corrected chi connectivity index (χ0v) is 11.2. The van der Waals surface area contributed by atoms with Gasteiger partial charge in [-0.15, -0.1) is 0 Å². The number of nitrogens with zero attached hydrogens (tertiary/aromatic N) is 4. The summed E-state index contributed by atoms with van der Waals surface area (Å²) in [7, 11) is 1.88. The fourth-order valence-electron chi connectivity index (χ4n) is 1.83. The van der Waals surface area contributed by atoms with E-state index in [1.165, 1.54) is 4.68 Å². The molecule has 0 radical (unpaired) electrons. The van der Waals surface area contributed by atoms with Crippen LogP contribution >= 0.6 is 0 Å². The second kappa shape index (κ2) is 4.80. The maximum absolute atomic E-state index is 13.9. The molecule has 0 aliphatic rings. The Morgan fingerprint density at radius 2 is 2.06 bits per heavy atom. The first-order valence-electron chi connectivity index (χ1n) is 5.99. The largest absolute Gasteiger partial charge is 0.364 e. The Hall–Kier alpha value is -1.85. The fraction of sp³-hybridized carbons (Fsp3) is 0.500. The van der Waals surface area contributed by atoms with Crippen molar-refractivity contribution in [1.82, 2.24) is 19.6 Å². The summed E-state index contributed by atoms with van der Waals surface area (Å²) in [6.45, 7) is 6.59. The zero-order chi connectivity index (χ0) is 13.3. The van der Waals surface area contributed by atoms with E-state index in [1.54, 1.807) is 4.68 Å². The van der Waals surface area contributed by atoms with E-state index in [0.717, 1.165) is 17.2 Å². The van der Waals surface area contributed by atoms with Crippen molar-refractivity contribution in [3.05, 3.63) is 29.0 Å². The molecule has 0 fully saturated rings. The van der Waals surface area contributed by atoms with E-state index in [4.69, 9.17) is 0 Å². The first kappa shape index (κ1) is 12.6. The summed E-state index contributed by atoms with van der Waals surface area (Å²) in [6, 6.07) is 1.93.